The molecule has 10 aromatic rings. The van der Waals surface area contributed by atoms with Crippen molar-refractivity contribution in [1.29, 1.82) is 0 Å². The molecule has 12 rings (SSSR count). The van der Waals surface area contributed by atoms with E-state index < -0.39 is 0 Å². The number of unbranched alkanes of at least 4 members (excludes halogenated alkanes) is 2. The molecule has 0 fully saturated rings. The summed E-state index contributed by atoms with van der Waals surface area (Å²) in [4.78, 5) is 41.8. The highest BCUT2D eigenvalue weighted by Crippen LogP contribution is 2.52. The zero-order valence-electron chi connectivity index (χ0n) is 40.3. The zero-order chi connectivity index (χ0) is 47.6. The fourth-order valence-corrected chi connectivity index (χ4v) is 15.5. The lowest BCUT2D eigenvalue weighted by atomic mass is 9.98. The van der Waals surface area contributed by atoms with E-state index in [-0.39, 0.29) is 11.8 Å². The number of thiophene rings is 4. The number of carbonyl (C=O) groups is 2. The molecule has 0 radical (unpaired) electrons. The number of nitrogens with zero attached hydrogens (tertiary/aromatic N) is 2. The minimum atomic E-state index is -0.0285. The molecule has 2 amide bonds. The van der Waals surface area contributed by atoms with Crippen molar-refractivity contribution in [2.24, 2.45) is 11.8 Å². The van der Waals surface area contributed by atoms with Crippen LogP contribution >= 0.6 is 45.3 Å². The third kappa shape index (κ3) is 8.01. The molecule has 2 unspecified atom stereocenters. The molecule has 2 atom stereocenters. The molecule has 0 spiro atoms. The predicted octanol–water partition coefficient (Wildman–Crippen LogP) is 18.4. The van der Waals surface area contributed by atoms with Crippen molar-refractivity contribution in [2.75, 3.05) is 13.1 Å². The standard InChI is InChI=1S/C62H56N2O2S4/c1-5-9-15-37(7-3)35-63-59(51-23-21-49(67-51)55-33-47-29-43-25-39-17-11-13-19-41(39)27-45(43)31-53(47)69-55)57-58(61(63)65)60(64(62(57)66)36-38(8-4)16-10-6-2)52-24-22-50(68-52)56-34-48-30-44-26-40-18-12-14-20-42(40)28-46(44)32-54(48)70-56/h11-14,17-34,37-38H,5-10,15-16,35-36H2,1-4H3. The van der Waals surface area contributed by atoms with Crippen molar-refractivity contribution >= 4 is 132 Å². The number of hydrogen-bond donors (Lipinski definition) is 0. The molecule has 4 nitrogen and oxygen atoms in total. The van der Waals surface area contributed by atoms with Crippen molar-refractivity contribution in [3.63, 3.8) is 0 Å². The first kappa shape index (κ1) is 45.3. The Morgan fingerprint density at radius 3 is 1.11 bits per heavy atom. The van der Waals surface area contributed by atoms with Gasteiger partial charge in [-0.05, 0) is 163 Å². The SMILES string of the molecule is CCCCC(CC)CN1C(=O)C2=C(c3ccc(-c4cc5cc6cc7ccccc7cc6cc5s4)s3)N(CC(CC)CCCC)C(=O)C2=C1c1ccc(-c2cc3cc4cc5ccccc5cc4cc3s2)s1. The number of hydrogen-bond acceptors (Lipinski definition) is 6. The molecular formula is C62H56N2O2S4. The highest BCUT2D eigenvalue weighted by atomic mass is 32.1. The summed E-state index contributed by atoms with van der Waals surface area (Å²) in [5.74, 6) is 0.603. The van der Waals surface area contributed by atoms with E-state index in [9.17, 15) is 0 Å². The number of rotatable bonds is 16. The van der Waals surface area contributed by atoms with Crippen molar-refractivity contribution in [2.45, 2.75) is 79.1 Å². The molecule has 6 aromatic carbocycles. The van der Waals surface area contributed by atoms with Gasteiger partial charge in [-0.15, -0.1) is 45.3 Å². The second-order valence-electron chi connectivity index (χ2n) is 19.5. The van der Waals surface area contributed by atoms with E-state index in [2.05, 4.69) is 161 Å². The van der Waals surface area contributed by atoms with Crippen LogP contribution in [0.2, 0.25) is 0 Å². The minimum absolute atomic E-state index is 0.0285. The molecule has 4 aromatic heterocycles. The first-order chi connectivity index (χ1) is 34.3. The second kappa shape index (κ2) is 18.7. The fourth-order valence-electron chi connectivity index (χ4n) is 11.0. The van der Waals surface area contributed by atoms with Crippen LogP contribution in [-0.4, -0.2) is 34.7 Å². The van der Waals surface area contributed by atoms with Gasteiger partial charge in [-0.3, -0.25) is 9.59 Å². The van der Waals surface area contributed by atoms with Gasteiger partial charge >= 0.3 is 0 Å². The summed E-state index contributed by atoms with van der Waals surface area (Å²) in [5.41, 5.74) is 2.79. The molecule has 70 heavy (non-hydrogen) atoms. The first-order valence-electron chi connectivity index (χ1n) is 25.3. The van der Waals surface area contributed by atoms with Crippen LogP contribution in [0.25, 0.3) is 94.2 Å². The maximum absolute atomic E-state index is 15.6. The summed E-state index contributed by atoms with van der Waals surface area (Å²) in [6.07, 6.45) is 8.52. The molecule has 2 aliphatic heterocycles. The fraction of sp³-hybridized carbons (Fsp3) is 0.258. The quantitative estimate of drug-likeness (QED) is 0.0905. The van der Waals surface area contributed by atoms with Gasteiger partial charge in [0.25, 0.3) is 11.8 Å². The molecule has 8 heteroatoms. The third-order valence-electron chi connectivity index (χ3n) is 15.0. The molecule has 0 saturated carbocycles. The normalized spacial score (nSPS) is 15.2. The van der Waals surface area contributed by atoms with E-state index >= 15 is 9.59 Å². The van der Waals surface area contributed by atoms with Crippen LogP contribution in [0, 0.1) is 11.8 Å². The predicted molar refractivity (Wildman–Crippen MR) is 304 cm³/mol. The van der Waals surface area contributed by atoms with Crippen molar-refractivity contribution in [3.8, 4) is 19.5 Å². The maximum Gasteiger partial charge on any atom is 0.261 e. The molecule has 0 N–H and O–H groups in total. The highest BCUT2D eigenvalue weighted by molar-refractivity contribution is 7.27. The second-order valence-corrected chi connectivity index (χ2v) is 23.9. The molecule has 6 heterocycles. The van der Waals surface area contributed by atoms with Crippen LogP contribution in [-0.2, 0) is 9.59 Å². The Hall–Kier alpha value is -5.90. The van der Waals surface area contributed by atoms with E-state index in [0.29, 0.717) is 36.1 Å². The van der Waals surface area contributed by atoms with E-state index in [1.807, 2.05) is 32.5 Å². The molecule has 350 valence electrons. The Labute approximate surface area is 426 Å². The number of benzene rings is 6. The van der Waals surface area contributed by atoms with Gasteiger partial charge in [0.2, 0.25) is 0 Å². The van der Waals surface area contributed by atoms with Gasteiger partial charge in [0.15, 0.2) is 0 Å². The Bertz CT molecular complexity index is 3370. The molecule has 2 aliphatic rings. The maximum atomic E-state index is 15.6. The van der Waals surface area contributed by atoms with Crippen molar-refractivity contribution in [1.82, 2.24) is 9.80 Å². The molecule has 0 aliphatic carbocycles. The summed E-state index contributed by atoms with van der Waals surface area (Å²) >= 11 is 7.07. The topological polar surface area (TPSA) is 40.6 Å². The van der Waals surface area contributed by atoms with E-state index in [1.165, 1.54) is 73.0 Å². The van der Waals surface area contributed by atoms with Gasteiger partial charge in [0.05, 0.1) is 32.3 Å². The largest absolute Gasteiger partial charge is 0.306 e. The lowest BCUT2D eigenvalue weighted by molar-refractivity contribution is -0.124. The van der Waals surface area contributed by atoms with Crippen LogP contribution in [0.3, 0.4) is 0 Å². The molecule has 0 saturated heterocycles. The Morgan fingerprint density at radius 1 is 0.386 bits per heavy atom. The van der Waals surface area contributed by atoms with Crippen molar-refractivity contribution in [3.05, 3.63) is 154 Å². The smallest absolute Gasteiger partial charge is 0.261 e. The summed E-state index contributed by atoms with van der Waals surface area (Å²) in [6.45, 7) is 10.2. The average molecular weight is 989 g/mol. The van der Waals surface area contributed by atoms with Crippen LogP contribution < -0.4 is 0 Å². The van der Waals surface area contributed by atoms with E-state index in [1.54, 1.807) is 22.7 Å². The van der Waals surface area contributed by atoms with Gasteiger partial charge in [0, 0.05) is 42.0 Å². The Balaban J connectivity index is 0.972. The lowest BCUT2D eigenvalue weighted by Gasteiger charge is -2.29. The van der Waals surface area contributed by atoms with Crippen molar-refractivity contribution < 1.29 is 9.59 Å². The summed E-state index contributed by atoms with van der Waals surface area (Å²) in [6, 6.07) is 49.1. The van der Waals surface area contributed by atoms with Gasteiger partial charge in [-0.25, -0.2) is 0 Å². The van der Waals surface area contributed by atoms with E-state index in [0.717, 1.165) is 82.3 Å². The molecular weight excluding hydrogens is 933 g/mol. The average Bonchev–Trinajstić information content (AvgIpc) is 4.25. The van der Waals surface area contributed by atoms with Gasteiger partial charge in [-0.1, -0.05) is 115 Å². The van der Waals surface area contributed by atoms with E-state index in [4.69, 9.17) is 0 Å². The third-order valence-corrected chi connectivity index (χ3v) is 19.8. The Morgan fingerprint density at radius 2 is 0.743 bits per heavy atom. The van der Waals surface area contributed by atoms with Crippen LogP contribution in [0.15, 0.2) is 145 Å². The number of fused-ring (bicyclic) bond motifs is 7. The zero-order valence-corrected chi connectivity index (χ0v) is 43.5. The summed E-state index contributed by atoms with van der Waals surface area (Å²) in [5, 5.41) is 12.4. The highest BCUT2D eigenvalue weighted by Gasteiger charge is 2.50. The van der Waals surface area contributed by atoms with Crippen LogP contribution in [0.4, 0.5) is 0 Å². The van der Waals surface area contributed by atoms with Gasteiger partial charge in [-0.2, -0.15) is 0 Å². The lowest BCUT2D eigenvalue weighted by Crippen LogP contribution is -2.34. The Kier molecular flexibility index (Phi) is 12.1. The summed E-state index contributed by atoms with van der Waals surface area (Å²) < 4.78 is 2.51. The first-order valence-corrected chi connectivity index (χ1v) is 28.6. The number of carbonyl (C=O) groups excluding carboxylic acids is 2. The van der Waals surface area contributed by atoms with Crippen LogP contribution in [0.5, 0.6) is 0 Å². The van der Waals surface area contributed by atoms with Gasteiger partial charge < -0.3 is 9.80 Å². The van der Waals surface area contributed by atoms with Crippen LogP contribution in [0.1, 0.15) is 88.8 Å². The minimum Gasteiger partial charge on any atom is -0.306 e. The monoisotopic (exact) mass is 988 g/mol. The molecule has 0 bridgehead atoms. The van der Waals surface area contributed by atoms with Gasteiger partial charge in [0.1, 0.15) is 0 Å². The summed E-state index contributed by atoms with van der Waals surface area (Å²) in [7, 11) is 0. The number of amides is 2.